The van der Waals surface area contributed by atoms with Crippen LogP contribution in [0.5, 0.6) is 0 Å². The van der Waals surface area contributed by atoms with E-state index in [-0.39, 0.29) is 15.6 Å². The number of hydrogen-bond donors (Lipinski definition) is 1. The fourth-order valence-corrected chi connectivity index (χ4v) is 1.95. The molecule has 1 aromatic carbocycles. The van der Waals surface area contributed by atoms with Gasteiger partial charge in [0, 0.05) is 4.47 Å². The van der Waals surface area contributed by atoms with E-state index in [9.17, 15) is 18.0 Å². The number of rotatable bonds is 1. The molecule has 1 aromatic rings. The third-order valence-corrected chi connectivity index (χ3v) is 3.38. The Morgan fingerprint density at radius 2 is 1.81 bits per heavy atom. The van der Waals surface area contributed by atoms with Crippen LogP contribution in [0.3, 0.4) is 0 Å². The van der Waals surface area contributed by atoms with Crippen LogP contribution in [0.2, 0.25) is 0 Å². The van der Waals surface area contributed by atoms with Gasteiger partial charge in [-0.1, -0.05) is 0 Å². The third-order valence-electron chi connectivity index (χ3n) is 2.36. The monoisotopic (exact) mass is 296 g/mol. The number of halogens is 4. The summed E-state index contributed by atoms with van der Waals surface area (Å²) in [4.78, 5) is 10.8. The average molecular weight is 297 g/mol. The van der Waals surface area contributed by atoms with Gasteiger partial charge in [0.1, 0.15) is 0 Å². The van der Waals surface area contributed by atoms with E-state index in [1.54, 1.807) is 0 Å². The molecule has 0 unspecified atom stereocenters. The molecule has 0 saturated heterocycles. The molecule has 1 N–H and O–H groups in total. The lowest BCUT2D eigenvalue weighted by atomic mass is 9.99. The van der Waals surface area contributed by atoms with Crippen LogP contribution in [0.4, 0.5) is 13.2 Å². The average Bonchev–Trinajstić information content (AvgIpc) is 2.11. The summed E-state index contributed by atoms with van der Waals surface area (Å²) in [5, 5.41) is 8.79. The Bertz CT molecular complexity index is 452. The first kappa shape index (κ1) is 13.0. The van der Waals surface area contributed by atoms with E-state index < -0.39 is 17.7 Å². The van der Waals surface area contributed by atoms with Crippen LogP contribution in [0.1, 0.15) is 27.0 Å². The molecule has 2 nitrogen and oxygen atoms in total. The van der Waals surface area contributed by atoms with E-state index in [2.05, 4.69) is 15.9 Å². The summed E-state index contributed by atoms with van der Waals surface area (Å²) in [7, 11) is 0. The van der Waals surface area contributed by atoms with Crippen molar-refractivity contribution in [2.24, 2.45) is 0 Å². The Labute approximate surface area is 98.2 Å². The molecule has 0 bridgehead atoms. The Morgan fingerprint density at radius 3 is 2.19 bits per heavy atom. The van der Waals surface area contributed by atoms with Crippen LogP contribution >= 0.6 is 15.9 Å². The minimum Gasteiger partial charge on any atom is -0.478 e. The maximum absolute atomic E-state index is 12.6. The second kappa shape index (κ2) is 4.08. The second-order valence-electron chi connectivity index (χ2n) is 3.34. The summed E-state index contributed by atoms with van der Waals surface area (Å²) in [5.74, 6) is -1.36. The summed E-state index contributed by atoms with van der Waals surface area (Å²) < 4.78 is 37.6. The van der Waals surface area contributed by atoms with Crippen LogP contribution in [0.25, 0.3) is 0 Å². The number of carboxylic acid groups (broad SMARTS) is 1. The van der Waals surface area contributed by atoms with Crippen molar-refractivity contribution in [3.8, 4) is 0 Å². The number of benzene rings is 1. The Morgan fingerprint density at radius 1 is 1.31 bits per heavy atom. The van der Waals surface area contributed by atoms with Crippen LogP contribution in [0, 0.1) is 13.8 Å². The predicted octanol–water partition coefficient (Wildman–Crippen LogP) is 3.78. The molecule has 0 spiro atoms. The molecular weight excluding hydrogens is 289 g/mol. The molecule has 0 fully saturated rings. The molecule has 6 heteroatoms. The zero-order valence-corrected chi connectivity index (χ0v) is 10.0. The minimum absolute atomic E-state index is 0.109. The minimum atomic E-state index is -4.57. The number of hydrogen-bond acceptors (Lipinski definition) is 1. The zero-order chi connectivity index (χ0) is 12.7. The first-order valence-electron chi connectivity index (χ1n) is 4.26. The van der Waals surface area contributed by atoms with Crippen LogP contribution in [0.15, 0.2) is 10.5 Å². The molecule has 88 valence electrons. The van der Waals surface area contributed by atoms with E-state index in [4.69, 9.17) is 5.11 Å². The zero-order valence-electron chi connectivity index (χ0n) is 8.44. The number of carboxylic acids is 1. The topological polar surface area (TPSA) is 37.3 Å². The molecule has 0 aromatic heterocycles. The van der Waals surface area contributed by atoms with Gasteiger partial charge in [0.25, 0.3) is 0 Å². The Balaban J connectivity index is 3.61. The fraction of sp³-hybridized carbons (Fsp3) is 0.300. The highest BCUT2D eigenvalue weighted by molar-refractivity contribution is 9.10. The van der Waals surface area contributed by atoms with E-state index >= 15 is 0 Å². The quantitative estimate of drug-likeness (QED) is 0.856. The van der Waals surface area contributed by atoms with Gasteiger partial charge in [-0.15, -0.1) is 0 Å². The molecule has 0 aliphatic heterocycles. The van der Waals surface area contributed by atoms with Gasteiger partial charge in [0.15, 0.2) is 0 Å². The van der Waals surface area contributed by atoms with Crippen molar-refractivity contribution >= 4 is 21.9 Å². The highest BCUT2D eigenvalue weighted by Crippen LogP contribution is 2.38. The molecule has 0 heterocycles. The van der Waals surface area contributed by atoms with Crippen molar-refractivity contribution < 1.29 is 23.1 Å². The molecule has 0 saturated carbocycles. The van der Waals surface area contributed by atoms with Crippen molar-refractivity contribution in [1.82, 2.24) is 0 Å². The standard InChI is InChI=1S/C10H8BrF3O2/c1-4-5(2)8(11)7(10(12,13)14)3-6(4)9(15)16/h3H,1-2H3,(H,15,16). The van der Waals surface area contributed by atoms with Crippen molar-refractivity contribution in [1.29, 1.82) is 0 Å². The summed E-state index contributed by atoms with van der Waals surface area (Å²) in [6.07, 6.45) is -4.57. The van der Waals surface area contributed by atoms with Gasteiger partial charge in [0.2, 0.25) is 0 Å². The second-order valence-corrected chi connectivity index (χ2v) is 4.13. The number of alkyl halides is 3. The van der Waals surface area contributed by atoms with Crippen molar-refractivity contribution in [3.05, 3.63) is 32.8 Å². The van der Waals surface area contributed by atoms with Gasteiger partial charge >= 0.3 is 12.1 Å². The van der Waals surface area contributed by atoms with Crippen molar-refractivity contribution in [3.63, 3.8) is 0 Å². The SMILES string of the molecule is Cc1c(C(=O)O)cc(C(F)(F)F)c(Br)c1C. The first-order valence-corrected chi connectivity index (χ1v) is 5.05. The lowest BCUT2D eigenvalue weighted by Crippen LogP contribution is -2.11. The van der Waals surface area contributed by atoms with Gasteiger partial charge in [-0.2, -0.15) is 13.2 Å². The highest BCUT2D eigenvalue weighted by atomic mass is 79.9. The van der Waals surface area contributed by atoms with E-state index in [0.717, 1.165) is 0 Å². The molecule has 0 amide bonds. The first-order chi connectivity index (χ1) is 7.16. The molecular formula is C10H8BrF3O2. The van der Waals surface area contributed by atoms with Crippen molar-refractivity contribution in [2.45, 2.75) is 20.0 Å². The molecule has 16 heavy (non-hydrogen) atoms. The summed E-state index contributed by atoms with van der Waals surface area (Å²) in [5.41, 5.74) is -0.680. The fourth-order valence-electron chi connectivity index (χ4n) is 1.31. The normalized spacial score (nSPS) is 11.6. The van der Waals surface area contributed by atoms with Gasteiger partial charge in [-0.05, 0) is 47.0 Å². The summed E-state index contributed by atoms with van der Waals surface area (Å²) in [6.45, 7) is 2.92. The largest absolute Gasteiger partial charge is 0.478 e. The Hall–Kier alpha value is -1.04. The molecule has 0 atom stereocenters. The van der Waals surface area contributed by atoms with Crippen LogP contribution in [-0.4, -0.2) is 11.1 Å². The summed E-state index contributed by atoms with van der Waals surface area (Å²) >= 11 is 2.84. The molecule has 0 radical (unpaired) electrons. The van der Waals surface area contributed by atoms with Crippen LogP contribution < -0.4 is 0 Å². The van der Waals surface area contributed by atoms with Crippen LogP contribution in [-0.2, 0) is 6.18 Å². The Kier molecular flexibility index (Phi) is 3.33. The van der Waals surface area contributed by atoms with Gasteiger partial charge in [0.05, 0.1) is 11.1 Å². The van der Waals surface area contributed by atoms with E-state index in [1.165, 1.54) is 13.8 Å². The maximum atomic E-state index is 12.6. The molecule has 0 aliphatic carbocycles. The van der Waals surface area contributed by atoms with E-state index in [0.29, 0.717) is 11.6 Å². The number of carbonyl (C=O) groups is 1. The lowest BCUT2D eigenvalue weighted by molar-refractivity contribution is -0.138. The smallest absolute Gasteiger partial charge is 0.417 e. The number of aromatic carboxylic acids is 1. The lowest BCUT2D eigenvalue weighted by Gasteiger charge is -2.15. The van der Waals surface area contributed by atoms with Gasteiger partial charge in [-0.25, -0.2) is 4.79 Å². The molecule has 0 aliphatic rings. The molecule has 1 rings (SSSR count). The van der Waals surface area contributed by atoms with Crippen molar-refractivity contribution in [2.75, 3.05) is 0 Å². The maximum Gasteiger partial charge on any atom is 0.417 e. The third kappa shape index (κ3) is 2.21. The van der Waals surface area contributed by atoms with Gasteiger partial charge < -0.3 is 5.11 Å². The summed E-state index contributed by atoms with van der Waals surface area (Å²) in [6, 6.07) is 0.648. The highest BCUT2D eigenvalue weighted by Gasteiger charge is 2.35. The predicted molar refractivity (Wildman–Crippen MR) is 55.6 cm³/mol. The van der Waals surface area contributed by atoms with Gasteiger partial charge in [-0.3, -0.25) is 0 Å². The van der Waals surface area contributed by atoms with E-state index in [1.807, 2.05) is 0 Å².